The topological polar surface area (TPSA) is 79.8 Å². The minimum atomic E-state index is -0.577. The molecule has 1 aliphatic rings. The number of aromatic amines is 1. The number of hydrogen-bond acceptors (Lipinski definition) is 5. The fourth-order valence-corrected chi connectivity index (χ4v) is 7.35. The summed E-state index contributed by atoms with van der Waals surface area (Å²) in [6.07, 6.45) is 4.27. The average Bonchev–Trinajstić information content (AvgIpc) is 3.44. The normalized spacial score (nSPS) is 13.3. The Morgan fingerprint density at radius 2 is 1.97 bits per heavy atom. The van der Waals surface area contributed by atoms with Crippen molar-refractivity contribution in [3.63, 3.8) is 0 Å². The van der Waals surface area contributed by atoms with E-state index in [1.165, 1.54) is 33.2 Å². The van der Waals surface area contributed by atoms with Crippen molar-refractivity contribution in [1.82, 2.24) is 14.5 Å². The van der Waals surface area contributed by atoms with Gasteiger partial charge in [0.05, 0.1) is 16.5 Å². The van der Waals surface area contributed by atoms with Gasteiger partial charge in [0.25, 0.3) is 5.56 Å². The monoisotopic (exact) mass is 566 g/mol. The molecular weight excluding hydrogens is 543 g/mol. The van der Waals surface area contributed by atoms with Crippen LogP contribution < -0.4 is 10.9 Å². The van der Waals surface area contributed by atoms with Crippen LogP contribution in [0.15, 0.2) is 46.3 Å². The van der Waals surface area contributed by atoms with E-state index in [-0.39, 0.29) is 22.2 Å². The Balaban J connectivity index is 1.45. The number of thioether (sulfide) groups is 1. The van der Waals surface area contributed by atoms with Gasteiger partial charge in [0, 0.05) is 16.0 Å². The molecule has 5 aromatic rings. The van der Waals surface area contributed by atoms with E-state index in [0.29, 0.717) is 21.9 Å². The van der Waals surface area contributed by atoms with Gasteiger partial charge in [0.1, 0.15) is 21.7 Å². The number of hydrogen-bond donors (Lipinski definition) is 2. The highest BCUT2D eigenvalue weighted by molar-refractivity contribution is 7.99. The molecule has 3 aromatic heterocycles. The number of aromatic nitrogens is 3. The lowest BCUT2D eigenvalue weighted by Gasteiger charge is -2.14. The maximum absolute atomic E-state index is 14.0. The number of halogens is 2. The van der Waals surface area contributed by atoms with Gasteiger partial charge in [0.2, 0.25) is 5.91 Å². The van der Waals surface area contributed by atoms with Crippen LogP contribution in [0.25, 0.3) is 26.9 Å². The minimum Gasteiger partial charge on any atom is -0.340 e. The Morgan fingerprint density at radius 1 is 1.21 bits per heavy atom. The molecule has 0 radical (unpaired) electrons. The molecular formula is C28H24ClFN4O2S2. The Kier molecular flexibility index (Phi) is 6.53. The van der Waals surface area contributed by atoms with Crippen LogP contribution in [0, 0.1) is 19.7 Å². The first-order chi connectivity index (χ1) is 18.3. The van der Waals surface area contributed by atoms with E-state index in [0.717, 1.165) is 64.5 Å². The number of nitrogens with zero attached hydrogens (tertiary/aromatic N) is 2. The lowest BCUT2D eigenvalue weighted by atomic mass is 9.97. The first-order valence-electron chi connectivity index (χ1n) is 12.3. The zero-order valence-electron chi connectivity index (χ0n) is 20.8. The Bertz CT molecular complexity index is 1790. The number of amides is 1. The number of carbonyl (C=O) groups excluding carboxylic acids is 1. The van der Waals surface area contributed by atoms with E-state index in [4.69, 9.17) is 16.6 Å². The van der Waals surface area contributed by atoms with Crippen molar-refractivity contribution in [2.45, 2.75) is 44.7 Å². The molecule has 0 aliphatic heterocycles. The summed E-state index contributed by atoms with van der Waals surface area (Å²) in [5, 5.41) is 4.24. The van der Waals surface area contributed by atoms with E-state index >= 15 is 0 Å². The molecule has 6 rings (SSSR count). The number of rotatable bonds is 5. The van der Waals surface area contributed by atoms with Crippen molar-refractivity contribution < 1.29 is 9.18 Å². The van der Waals surface area contributed by atoms with Crippen LogP contribution in [0.3, 0.4) is 0 Å². The third kappa shape index (κ3) is 4.32. The van der Waals surface area contributed by atoms with Crippen molar-refractivity contribution >= 4 is 67.5 Å². The largest absolute Gasteiger partial charge is 0.340 e. The molecule has 0 unspecified atom stereocenters. The fourth-order valence-electron chi connectivity index (χ4n) is 5.08. The molecule has 194 valence electrons. The van der Waals surface area contributed by atoms with Crippen LogP contribution in [0.5, 0.6) is 0 Å². The summed E-state index contributed by atoms with van der Waals surface area (Å²) in [5.74, 6) is -0.750. The lowest BCUT2D eigenvalue weighted by molar-refractivity contribution is -0.113. The van der Waals surface area contributed by atoms with Crippen LogP contribution in [0.1, 0.15) is 34.4 Å². The molecule has 2 aromatic carbocycles. The minimum absolute atomic E-state index is 0.0377. The second-order valence-corrected chi connectivity index (χ2v) is 12.0. The molecule has 3 heterocycles. The molecule has 0 saturated carbocycles. The number of anilines is 1. The number of carbonyl (C=O) groups is 1. The summed E-state index contributed by atoms with van der Waals surface area (Å²) in [6.45, 7) is 3.89. The van der Waals surface area contributed by atoms with Gasteiger partial charge in [-0.3, -0.25) is 14.2 Å². The average molecular weight is 567 g/mol. The number of benzene rings is 2. The molecule has 0 bridgehead atoms. The van der Waals surface area contributed by atoms with Gasteiger partial charge in [0.15, 0.2) is 5.16 Å². The van der Waals surface area contributed by atoms with Crippen LogP contribution in [0.4, 0.5) is 10.1 Å². The zero-order valence-corrected chi connectivity index (χ0v) is 23.2. The van der Waals surface area contributed by atoms with Crippen LogP contribution in [-0.2, 0) is 17.6 Å². The molecule has 6 nitrogen and oxygen atoms in total. The number of para-hydroxylation sites is 1. The third-order valence-corrected chi connectivity index (χ3v) is 9.37. The van der Waals surface area contributed by atoms with Gasteiger partial charge in [-0.25, -0.2) is 9.37 Å². The molecule has 38 heavy (non-hydrogen) atoms. The van der Waals surface area contributed by atoms with E-state index in [1.807, 2.05) is 32.0 Å². The third-order valence-electron chi connectivity index (χ3n) is 6.94. The standard InChI is InChI=1S/C28H24ClFN4O2S2/c1-14-6-5-7-15(2)23(14)31-21(35)13-37-28-33-24-22-17-8-3-4-9-20(17)38-26(22)32-25(24)27(36)34(28)16-10-11-19(30)18(29)12-16/h5-7,10-12,32H,3-4,8-9,13H2,1-2H3,(H,31,35). The number of aryl methyl sites for hydroxylation is 4. The summed E-state index contributed by atoms with van der Waals surface area (Å²) < 4.78 is 15.4. The van der Waals surface area contributed by atoms with E-state index in [2.05, 4.69) is 10.3 Å². The van der Waals surface area contributed by atoms with Gasteiger partial charge in [-0.2, -0.15) is 0 Å². The highest BCUT2D eigenvalue weighted by atomic mass is 35.5. The zero-order chi connectivity index (χ0) is 26.6. The summed E-state index contributed by atoms with van der Waals surface area (Å²) in [7, 11) is 0. The maximum atomic E-state index is 14.0. The Hall–Kier alpha value is -3.14. The van der Waals surface area contributed by atoms with E-state index < -0.39 is 5.82 Å². The molecule has 1 aliphatic carbocycles. The highest BCUT2D eigenvalue weighted by Gasteiger charge is 2.24. The van der Waals surface area contributed by atoms with Crippen molar-refractivity contribution in [1.29, 1.82) is 0 Å². The van der Waals surface area contributed by atoms with Crippen LogP contribution >= 0.6 is 34.7 Å². The van der Waals surface area contributed by atoms with Gasteiger partial charge in [-0.1, -0.05) is 41.6 Å². The summed E-state index contributed by atoms with van der Waals surface area (Å²) >= 11 is 8.92. The van der Waals surface area contributed by atoms with Crippen molar-refractivity contribution in [3.8, 4) is 5.69 Å². The Morgan fingerprint density at radius 3 is 2.74 bits per heavy atom. The van der Waals surface area contributed by atoms with Gasteiger partial charge in [-0.05, 0) is 74.4 Å². The molecule has 0 spiro atoms. The predicted octanol–water partition coefficient (Wildman–Crippen LogP) is 6.95. The van der Waals surface area contributed by atoms with E-state index in [9.17, 15) is 14.0 Å². The highest BCUT2D eigenvalue weighted by Crippen LogP contribution is 2.39. The summed E-state index contributed by atoms with van der Waals surface area (Å²) in [5.41, 5.74) is 5.06. The molecule has 2 N–H and O–H groups in total. The second kappa shape index (κ2) is 9.87. The van der Waals surface area contributed by atoms with Gasteiger partial charge in [-0.15, -0.1) is 11.3 Å². The smallest absolute Gasteiger partial charge is 0.283 e. The van der Waals surface area contributed by atoms with E-state index in [1.54, 1.807) is 11.3 Å². The number of H-pyrrole nitrogens is 1. The lowest BCUT2D eigenvalue weighted by Crippen LogP contribution is -2.23. The summed E-state index contributed by atoms with van der Waals surface area (Å²) in [4.78, 5) is 37.3. The van der Waals surface area contributed by atoms with Crippen LogP contribution in [-0.4, -0.2) is 26.2 Å². The molecule has 0 atom stereocenters. The van der Waals surface area contributed by atoms with Gasteiger partial charge < -0.3 is 10.3 Å². The molecule has 1 amide bonds. The van der Waals surface area contributed by atoms with Crippen LogP contribution in [0.2, 0.25) is 5.02 Å². The quantitative estimate of drug-likeness (QED) is 0.178. The first kappa shape index (κ1) is 25.2. The molecule has 10 heteroatoms. The van der Waals surface area contributed by atoms with Crippen molar-refractivity contribution in [2.75, 3.05) is 11.1 Å². The number of fused-ring (bicyclic) bond motifs is 5. The second-order valence-electron chi connectivity index (χ2n) is 9.50. The maximum Gasteiger partial charge on any atom is 0.283 e. The number of thiophene rings is 1. The Labute approximate surface area is 231 Å². The first-order valence-corrected chi connectivity index (χ1v) is 14.5. The summed E-state index contributed by atoms with van der Waals surface area (Å²) in [6, 6.07) is 9.95. The number of nitrogens with one attached hydrogen (secondary N) is 2. The SMILES string of the molecule is Cc1cccc(C)c1NC(=O)CSc1nc2c([nH]c3sc4c(c32)CCCC4)c(=O)n1-c1ccc(F)c(Cl)c1. The van der Waals surface area contributed by atoms with Gasteiger partial charge >= 0.3 is 0 Å². The van der Waals surface area contributed by atoms with Crippen molar-refractivity contribution in [2.24, 2.45) is 0 Å². The molecule has 0 fully saturated rings. The fraction of sp³-hybridized carbons (Fsp3) is 0.250. The predicted molar refractivity (Wildman–Crippen MR) is 154 cm³/mol. The molecule has 0 saturated heterocycles. The van der Waals surface area contributed by atoms with Crippen molar-refractivity contribution in [3.05, 3.63) is 79.2 Å².